The van der Waals surface area contributed by atoms with Gasteiger partial charge in [0.15, 0.2) is 0 Å². The summed E-state index contributed by atoms with van der Waals surface area (Å²) in [5, 5.41) is 0. The molecule has 0 saturated carbocycles. The zero-order chi connectivity index (χ0) is 18.9. The second-order valence-electron chi connectivity index (χ2n) is 5.72. The third kappa shape index (κ3) is 3.03. The highest BCUT2D eigenvalue weighted by atomic mass is 32.2. The first-order chi connectivity index (χ1) is 12.3. The molecule has 0 radical (unpaired) electrons. The van der Waals surface area contributed by atoms with E-state index in [2.05, 4.69) is 6.58 Å². The lowest BCUT2D eigenvalue weighted by molar-refractivity contribution is -0.0427. The van der Waals surface area contributed by atoms with Crippen molar-refractivity contribution >= 4 is 15.6 Å². The number of sulfone groups is 1. The maximum Gasteiger partial charge on any atom is 0.501 e. The Balaban J connectivity index is 2.31. The fourth-order valence-corrected chi connectivity index (χ4v) is 4.22. The number of benzene rings is 2. The van der Waals surface area contributed by atoms with Crippen molar-refractivity contribution in [3.05, 3.63) is 89.4 Å². The molecule has 0 unspecified atom stereocenters. The average molecular weight is 380 g/mol. The maximum absolute atomic E-state index is 13.4. The molecule has 0 amide bonds. The fraction of sp³-hybridized carbons (Fsp3) is 0.158. The van der Waals surface area contributed by atoms with E-state index in [0.29, 0.717) is 5.56 Å². The first kappa shape index (κ1) is 18.3. The third-order valence-corrected chi connectivity index (χ3v) is 5.74. The molecular weight excluding hydrogens is 365 g/mol. The molecule has 2 atom stereocenters. The summed E-state index contributed by atoms with van der Waals surface area (Å²) >= 11 is 0. The molecule has 7 heteroatoms. The topological polar surface area (TPSA) is 43.4 Å². The average Bonchev–Trinajstić information content (AvgIpc) is 3.02. The highest BCUT2D eigenvalue weighted by Gasteiger charge is 2.55. The van der Waals surface area contributed by atoms with Gasteiger partial charge >= 0.3 is 5.51 Å². The number of alkyl halides is 3. The SMILES string of the molecule is C=C[C@@H]1OC(c2ccccc2)=C(S(=O)(=O)C(F)(F)F)[C@H]1c1ccccc1. The number of ether oxygens (including phenoxy) is 1. The summed E-state index contributed by atoms with van der Waals surface area (Å²) in [6, 6.07) is 16.0. The van der Waals surface area contributed by atoms with Crippen molar-refractivity contribution < 1.29 is 26.3 Å². The Hall–Kier alpha value is -2.54. The Morgan fingerprint density at radius 3 is 2.00 bits per heavy atom. The Bertz CT molecular complexity index is 933. The Morgan fingerprint density at radius 1 is 0.962 bits per heavy atom. The third-order valence-electron chi connectivity index (χ3n) is 4.11. The number of hydrogen-bond acceptors (Lipinski definition) is 3. The molecule has 3 nitrogen and oxygen atoms in total. The molecule has 0 aliphatic carbocycles. The lowest BCUT2D eigenvalue weighted by Gasteiger charge is -2.19. The predicted molar refractivity (Wildman–Crippen MR) is 92.6 cm³/mol. The van der Waals surface area contributed by atoms with Gasteiger partial charge in [-0.2, -0.15) is 13.2 Å². The van der Waals surface area contributed by atoms with Crippen LogP contribution in [0.1, 0.15) is 17.0 Å². The summed E-state index contributed by atoms with van der Waals surface area (Å²) < 4.78 is 70.6. The highest BCUT2D eigenvalue weighted by molar-refractivity contribution is 7.96. The number of hydrogen-bond donors (Lipinski definition) is 0. The molecule has 26 heavy (non-hydrogen) atoms. The molecule has 0 bridgehead atoms. The van der Waals surface area contributed by atoms with Crippen molar-refractivity contribution in [3.8, 4) is 0 Å². The van der Waals surface area contributed by atoms with Crippen molar-refractivity contribution in [1.82, 2.24) is 0 Å². The van der Waals surface area contributed by atoms with Gasteiger partial charge in [0.2, 0.25) is 0 Å². The van der Waals surface area contributed by atoms with Crippen molar-refractivity contribution in [2.45, 2.75) is 17.5 Å². The van der Waals surface area contributed by atoms with Gasteiger partial charge in [0.25, 0.3) is 9.84 Å². The van der Waals surface area contributed by atoms with E-state index in [1.54, 1.807) is 48.5 Å². The van der Waals surface area contributed by atoms with Crippen molar-refractivity contribution in [2.24, 2.45) is 0 Å². The van der Waals surface area contributed by atoms with Gasteiger partial charge in [-0.05, 0) is 5.56 Å². The van der Waals surface area contributed by atoms with E-state index in [9.17, 15) is 21.6 Å². The van der Waals surface area contributed by atoms with Crippen LogP contribution < -0.4 is 0 Å². The quantitative estimate of drug-likeness (QED) is 0.725. The maximum atomic E-state index is 13.4. The first-order valence-electron chi connectivity index (χ1n) is 7.72. The van der Waals surface area contributed by atoms with Crippen LogP contribution in [0.4, 0.5) is 13.2 Å². The molecule has 1 aliphatic rings. The van der Waals surface area contributed by atoms with Crippen LogP contribution >= 0.6 is 0 Å². The molecule has 0 saturated heterocycles. The van der Waals surface area contributed by atoms with Crippen LogP contribution in [0.25, 0.3) is 5.76 Å². The van der Waals surface area contributed by atoms with Crippen molar-refractivity contribution in [1.29, 1.82) is 0 Å². The zero-order valence-corrected chi connectivity index (χ0v) is 14.3. The minimum atomic E-state index is -5.61. The molecular formula is C19H15F3O3S. The van der Waals surface area contributed by atoms with Crippen LogP contribution in [0.15, 0.2) is 78.2 Å². The summed E-state index contributed by atoms with van der Waals surface area (Å²) in [6.45, 7) is 3.60. The van der Waals surface area contributed by atoms with Crippen LogP contribution in [-0.4, -0.2) is 20.0 Å². The smallest absolute Gasteiger partial charge is 0.484 e. The van der Waals surface area contributed by atoms with Gasteiger partial charge in [0.05, 0.1) is 5.92 Å². The first-order valence-corrected chi connectivity index (χ1v) is 9.21. The van der Waals surface area contributed by atoms with Crippen LogP contribution in [-0.2, 0) is 14.6 Å². The van der Waals surface area contributed by atoms with E-state index in [0.717, 1.165) is 0 Å². The van der Waals surface area contributed by atoms with Gasteiger partial charge in [-0.15, -0.1) is 0 Å². The molecule has 2 aromatic carbocycles. The minimum absolute atomic E-state index is 0.264. The van der Waals surface area contributed by atoms with Crippen LogP contribution in [0, 0.1) is 0 Å². The lowest BCUT2D eigenvalue weighted by atomic mass is 9.93. The molecule has 1 aliphatic heterocycles. The zero-order valence-electron chi connectivity index (χ0n) is 13.5. The molecule has 1 heterocycles. The Morgan fingerprint density at radius 2 is 1.50 bits per heavy atom. The van der Waals surface area contributed by atoms with Gasteiger partial charge in [-0.3, -0.25) is 0 Å². The van der Waals surface area contributed by atoms with E-state index in [-0.39, 0.29) is 11.3 Å². The van der Waals surface area contributed by atoms with Crippen molar-refractivity contribution in [2.75, 3.05) is 0 Å². The van der Waals surface area contributed by atoms with E-state index in [1.165, 1.54) is 18.2 Å². The van der Waals surface area contributed by atoms with Gasteiger partial charge in [-0.1, -0.05) is 73.3 Å². The summed E-state index contributed by atoms with van der Waals surface area (Å²) in [5.41, 5.74) is -4.76. The van der Waals surface area contributed by atoms with E-state index >= 15 is 0 Å². The minimum Gasteiger partial charge on any atom is -0.484 e. The molecule has 0 fully saturated rings. The predicted octanol–water partition coefficient (Wildman–Crippen LogP) is 4.66. The highest BCUT2D eigenvalue weighted by Crippen LogP contribution is 2.49. The molecule has 0 N–H and O–H groups in total. The molecule has 0 spiro atoms. The van der Waals surface area contributed by atoms with Crippen LogP contribution in [0.5, 0.6) is 0 Å². The number of rotatable bonds is 4. The van der Waals surface area contributed by atoms with Gasteiger partial charge < -0.3 is 4.74 Å². The Labute approximate surface area is 149 Å². The molecule has 2 aromatic rings. The summed E-state index contributed by atoms with van der Waals surface area (Å²) in [7, 11) is -5.61. The van der Waals surface area contributed by atoms with Crippen LogP contribution in [0.2, 0.25) is 0 Å². The monoisotopic (exact) mass is 380 g/mol. The fourth-order valence-electron chi connectivity index (χ4n) is 2.95. The normalized spacial score (nSPS) is 20.7. The van der Waals surface area contributed by atoms with Crippen LogP contribution in [0.3, 0.4) is 0 Å². The van der Waals surface area contributed by atoms with Gasteiger partial charge in [0.1, 0.15) is 16.8 Å². The van der Waals surface area contributed by atoms with Crippen molar-refractivity contribution in [3.63, 3.8) is 0 Å². The standard InChI is InChI=1S/C19H15F3O3S/c1-2-15-16(13-9-5-3-6-10-13)18(26(23,24)19(20,21)22)17(25-15)14-11-7-4-8-12-14/h2-12,15-16H,1H2/t15-,16-/m0/s1. The van der Waals surface area contributed by atoms with E-state index < -0.39 is 32.3 Å². The van der Waals surface area contributed by atoms with Gasteiger partial charge in [-0.25, -0.2) is 8.42 Å². The Kier molecular flexibility index (Phi) is 4.66. The molecule has 3 rings (SSSR count). The van der Waals surface area contributed by atoms with Gasteiger partial charge in [0, 0.05) is 5.56 Å². The second-order valence-corrected chi connectivity index (χ2v) is 7.62. The second kappa shape index (κ2) is 6.64. The van der Waals surface area contributed by atoms with E-state index in [4.69, 9.17) is 4.74 Å². The lowest BCUT2D eigenvalue weighted by Crippen LogP contribution is -2.28. The largest absolute Gasteiger partial charge is 0.501 e. The molecule has 136 valence electrons. The summed E-state index contributed by atoms with van der Waals surface area (Å²) in [4.78, 5) is -0.785. The molecule has 0 aromatic heterocycles. The summed E-state index contributed by atoms with van der Waals surface area (Å²) in [6.07, 6.45) is 0.388. The summed E-state index contributed by atoms with van der Waals surface area (Å²) in [5.74, 6) is -1.42. The number of halogens is 3. The van der Waals surface area contributed by atoms with E-state index in [1.807, 2.05) is 0 Å².